The maximum absolute atomic E-state index is 13.7. The van der Waals surface area contributed by atoms with Crippen LogP contribution in [0.5, 0.6) is 0 Å². The van der Waals surface area contributed by atoms with Crippen molar-refractivity contribution in [3.8, 4) is 11.1 Å². The van der Waals surface area contributed by atoms with Gasteiger partial charge in [0.1, 0.15) is 5.70 Å². The zero-order chi connectivity index (χ0) is 24.2. The van der Waals surface area contributed by atoms with E-state index in [1.54, 1.807) is 18.3 Å². The van der Waals surface area contributed by atoms with Crippen LogP contribution in [0, 0.1) is 0 Å². The van der Waals surface area contributed by atoms with Gasteiger partial charge in [0.15, 0.2) is 0 Å². The third-order valence-electron chi connectivity index (χ3n) is 5.42. The predicted octanol–water partition coefficient (Wildman–Crippen LogP) is 7.58. The Kier molecular flexibility index (Phi) is 13.0. The van der Waals surface area contributed by atoms with Crippen LogP contribution < -0.4 is 0 Å². The molecule has 34 heavy (non-hydrogen) atoms. The van der Waals surface area contributed by atoms with E-state index in [9.17, 15) is 8.78 Å². The minimum absolute atomic E-state index is 0. The average Bonchev–Trinajstić information content (AvgIpc) is 3.54. The van der Waals surface area contributed by atoms with Crippen LogP contribution in [0.2, 0.25) is 0 Å². The fourth-order valence-electron chi connectivity index (χ4n) is 3.41. The number of rotatable bonds is 8. The van der Waals surface area contributed by atoms with Crippen LogP contribution >= 0.6 is 11.3 Å². The highest BCUT2D eigenvalue weighted by molar-refractivity contribution is 7.12. The van der Waals surface area contributed by atoms with Gasteiger partial charge in [0.2, 0.25) is 0 Å². The second kappa shape index (κ2) is 15.2. The Balaban J connectivity index is 0.00000107. The number of carbonyl (C=O) groups is 1. The molecule has 1 aliphatic heterocycles. The van der Waals surface area contributed by atoms with Crippen molar-refractivity contribution in [3.63, 3.8) is 0 Å². The van der Waals surface area contributed by atoms with Gasteiger partial charge in [0.25, 0.3) is 12.9 Å². The van der Waals surface area contributed by atoms with Gasteiger partial charge in [-0.05, 0) is 67.3 Å². The number of thiophene rings is 1. The first kappa shape index (κ1) is 29.2. The molecule has 0 radical (unpaired) electrons. The number of methoxy groups -OCH3 is 1. The van der Waals surface area contributed by atoms with E-state index in [0.29, 0.717) is 24.2 Å². The van der Waals surface area contributed by atoms with Crippen molar-refractivity contribution in [2.24, 2.45) is 4.99 Å². The van der Waals surface area contributed by atoms with Crippen molar-refractivity contribution in [2.75, 3.05) is 20.2 Å². The van der Waals surface area contributed by atoms with Gasteiger partial charge in [-0.15, -0.1) is 11.3 Å². The summed E-state index contributed by atoms with van der Waals surface area (Å²) in [5.74, 6) is 0. The summed E-state index contributed by atoms with van der Waals surface area (Å²) in [6.45, 7) is 8.08. The summed E-state index contributed by atoms with van der Waals surface area (Å²) in [5, 5.41) is 2.07. The van der Waals surface area contributed by atoms with Gasteiger partial charge in [-0.2, -0.15) is 0 Å². The minimum atomic E-state index is -2.58. The third-order valence-corrected chi connectivity index (χ3v) is 6.37. The molecule has 7 heteroatoms. The quantitative estimate of drug-likeness (QED) is 0.283. The van der Waals surface area contributed by atoms with Gasteiger partial charge >= 0.3 is 0 Å². The van der Waals surface area contributed by atoms with Crippen LogP contribution in [0.15, 0.2) is 69.8 Å². The molecule has 1 aromatic heterocycles. The molecule has 186 valence electrons. The molecule has 1 aliphatic rings. The van der Waals surface area contributed by atoms with E-state index in [-0.39, 0.29) is 13.1 Å². The van der Waals surface area contributed by atoms with E-state index in [1.165, 1.54) is 20.0 Å². The van der Waals surface area contributed by atoms with Crippen molar-refractivity contribution >= 4 is 23.5 Å². The van der Waals surface area contributed by atoms with E-state index in [2.05, 4.69) is 38.2 Å². The fourth-order valence-corrected chi connectivity index (χ4v) is 4.29. The average molecular weight is 491 g/mol. The zero-order valence-electron chi connectivity index (χ0n) is 19.7. The highest BCUT2D eigenvalue weighted by Gasteiger charge is 2.18. The van der Waals surface area contributed by atoms with Crippen molar-refractivity contribution in [2.45, 2.75) is 53.9 Å². The molecule has 0 spiro atoms. The monoisotopic (exact) mass is 490 g/mol. The number of alkyl halides is 2. The summed E-state index contributed by atoms with van der Waals surface area (Å²) in [6, 6.07) is 12.2. The molecule has 1 saturated heterocycles. The van der Waals surface area contributed by atoms with E-state index in [1.807, 2.05) is 38.1 Å². The molecule has 0 aliphatic carbocycles. The lowest BCUT2D eigenvalue weighted by molar-refractivity contribution is -0.126. The zero-order valence-corrected chi connectivity index (χ0v) is 20.5. The first-order valence-corrected chi connectivity index (χ1v) is 11.9. The number of allylic oxidation sites excluding steroid dienone is 4. The highest BCUT2D eigenvalue weighted by Crippen LogP contribution is 2.28. The van der Waals surface area contributed by atoms with Crippen LogP contribution in [-0.2, 0) is 9.53 Å². The Hall–Kier alpha value is -2.80. The maximum Gasteiger partial charge on any atom is 0.292 e. The Morgan fingerprint density at radius 3 is 2.32 bits per heavy atom. The SMILES string of the molecule is C.CC/C(C)=C(/N=C(/C=C(\C)N1CCCC1)c1cc(-c2ccccc2)cs1)C(F)F.COC=O. The Bertz CT molecular complexity index is 976. The lowest BCUT2D eigenvalue weighted by Crippen LogP contribution is -2.17. The molecule has 0 bridgehead atoms. The number of hydrogen-bond acceptors (Lipinski definition) is 5. The molecule has 0 amide bonds. The number of hydrogen-bond donors (Lipinski definition) is 0. The second-order valence-electron chi connectivity index (χ2n) is 7.69. The number of nitrogens with zero attached hydrogens (tertiary/aromatic N) is 2. The van der Waals surface area contributed by atoms with Crippen molar-refractivity contribution in [3.05, 3.63) is 69.7 Å². The van der Waals surface area contributed by atoms with E-state index in [0.717, 1.165) is 34.8 Å². The number of carbonyl (C=O) groups excluding carboxylic acids is 1. The van der Waals surface area contributed by atoms with Gasteiger partial charge in [0.05, 0.1) is 17.7 Å². The van der Waals surface area contributed by atoms with Crippen molar-refractivity contribution < 1.29 is 18.3 Å². The van der Waals surface area contributed by atoms with Crippen LogP contribution in [0.25, 0.3) is 11.1 Å². The lowest BCUT2D eigenvalue weighted by Gasteiger charge is -2.18. The summed E-state index contributed by atoms with van der Waals surface area (Å²) in [7, 11) is 1.31. The van der Waals surface area contributed by atoms with Gasteiger partial charge in [-0.3, -0.25) is 4.79 Å². The molecule has 0 saturated carbocycles. The molecule has 1 aromatic carbocycles. The molecule has 0 atom stereocenters. The lowest BCUT2D eigenvalue weighted by atomic mass is 10.1. The summed E-state index contributed by atoms with van der Waals surface area (Å²) >= 11 is 1.55. The van der Waals surface area contributed by atoms with Crippen LogP contribution in [0.1, 0.15) is 52.3 Å². The maximum atomic E-state index is 13.7. The van der Waals surface area contributed by atoms with Crippen molar-refractivity contribution in [1.29, 1.82) is 0 Å². The van der Waals surface area contributed by atoms with E-state index < -0.39 is 6.43 Å². The number of aliphatic imine (C=N–C) groups is 1. The first-order valence-electron chi connectivity index (χ1n) is 11.0. The molecular formula is C27H36F2N2O2S. The fraction of sp³-hybridized carbons (Fsp3) is 0.407. The molecule has 4 nitrogen and oxygen atoms in total. The number of benzene rings is 1. The highest BCUT2D eigenvalue weighted by atomic mass is 32.1. The van der Waals surface area contributed by atoms with Gasteiger partial charge in [-0.25, -0.2) is 13.8 Å². The Morgan fingerprint density at radius 1 is 1.18 bits per heavy atom. The van der Waals surface area contributed by atoms with Crippen molar-refractivity contribution in [1.82, 2.24) is 4.90 Å². The van der Waals surface area contributed by atoms with Gasteiger partial charge < -0.3 is 9.64 Å². The van der Waals surface area contributed by atoms with Gasteiger partial charge in [0, 0.05) is 18.8 Å². The third kappa shape index (κ3) is 8.52. The smallest absolute Gasteiger partial charge is 0.292 e. The first-order chi connectivity index (χ1) is 15.9. The van der Waals surface area contributed by atoms with Crippen LogP contribution in [0.4, 0.5) is 8.78 Å². The normalized spacial score (nSPS) is 14.7. The molecule has 2 heterocycles. The summed E-state index contributed by atoms with van der Waals surface area (Å²) in [5.41, 5.74) is 4.42. The van der Waals surface area contributed by atoms with E-state index in [4.69, 9.17) is 4.79 Å². The number of likely N-dealkylation sites (tertiary alicyclic amines) is 1. The topological polar surface area (TPSA) is 41.9 Å². The molecule has 3 rings (SSSR count). The summed E-state index contributed by atoms with van der Waals surface area (Å²) < 4.78 is 31.3. The minimum Gasteiger partial charge on any atom is -0.471 e. The van der Waals surface area contributed by atoms with Crippen LogP contribution in [0.3, 0.4) is 0 Å². The molecule has 0 unspecified atom stereocenters. The largest absolute Gasteiger partial charge is 0.471 e. The Labute approximate surface area is 206 Å². The van der Waals surface area contributed by atoms with Crippen LogP contribution in [-0.4, -0.2) is 43.7 Å². The summed E-state index contributed by atoms with van der Waals surface area (Å²) in [4.78, 5) is 16.7. The molecule has 0 N–H and O–H groups in total. The number of halogens is 2. The molecule has 1 fully saturated rings. The number of ether oxygens (including phenoxy) is 1. The molecule has 2 aromatic rings. The van der Waals surface area contributed by atoms with Gasteiger partial charge in [-0.1, -0.05) is 44.7 Å². The van der Waals surface area contributed by atoms with E-state index >= 15 is 0 Å². The second-order valence-corrected chi connectivity index (χ2v) is 8.61. The molecular weight excluding hydrogens is 454 g/mol. The summed E-state index contributed by atoms with van der Waals surface area (Å²) in [6.07, 6.45) is 2.29. The predicted molar refractivity (Wildman–Crippen MR) is 140 cm³/mol. The standard InChI is InChI=1S/C24H28F2N2S.C2H4O2.CH4/c1-4-17(2)23(24(25)26)27-21(14-18(3)28-12-8-9-13-28)22-15-20(16-29-22)19-10-6-5-7-11-19;1-4-2-3;/h5-7,10-11,14-16,24H,4,8-9,12-13H2,1-3H3;2H,1H3;1H4/b18-14+,23-17+,27-21-;;. The Morgan fingerprint density at radius 2 is 1.79 bits per heavy atom.